The van der Waals surface area contributed by atoms with Crippen LogP contribution in [0.2, 0.25) is 5.02 Å². The monoisotopic (exact) mass is 517 g/mol. The predicted octanol–water partition coefficient (Wildman–Crippen LogP) is 3.76. The Morgan fingerprint density at radius 2 is 2.00 bits per heavy atom. The molecule has 2 aliphatic heterocycles. The number of nitrogens with one attached hydrogen (secondary N) is 1. The molecule has 1 saturated heterocycles. The Hall–Kier alpha value is -3.27. The summed E-state index contributed by atoms with van der Waals surface area (Å²) in [4.78, 5) is 14.3. The van der Waals surface area contributed by atoms with Gasteiger partial charge in [-0.3, -0.25) is 4.79 Å². The number of hydrogen-bond donors (Lipinski definition) is 3. The van der Waals surface area contributed by atoms with Gasteiger partial charge in [0.05, 0.1) is 22.7 Å². The van der Waals surface area contributed by atoms with Crippen molar-refractivity contribution in [2.45, 2.75) is 12.0 Å². The zero-order chi connectivity index (χ0) is 25.6. The Bertz CT molecular complexity index is 1370. The Kier molecular flexibility index (Phi) is 6.32. The minimum absolute atomic E-state index is 0.00223. The van der Waals surface area contributed by atoms with Gasteiger partial charge in [-0.1, -0.05) is 23.7 Å². The van der Waals surface area contributed by atoms with Gasteiger partial charge >= 0.3 is 0 Å². The number of fused-ring (bicyclic) bond motifs is 3. The Labute approximate surface area is 210 Å². The molecule has 1 fully saturated rings. The minimum Gasteiger partial charge on any atom is -0.488 e. The Morgan fingerprint density at radius 1 is 1.19 bits per heavy atom. The van der Waals surface area contributed by atoms with E-state index in [-0.39, 0.29) is 47.1 Å². The summed E-state index contributed by atoms with van der Waals surface area (Å²) < 4.78 is 50.7. The number of aliphatic hydroxyl groups excluding tert-OH is 1. The SMILES string of the molecule is NC(=O)c1ccc(OCCO)c(F)c1-c1c(Cl)c(F)cc2c1CC1(c3cccc(F)c3)CNCCN21. The second-order valence-electron chi connectivity index (χ2n) is 8.83. The van der Waals surface area contributed by atoms with Crippen molar-refractivity contribution in [3.63, 3.8) is 0 Å². The molecular formula is C26H23ClF3N3O3. The number of hydrogen-bond acceptors (Lipinski definition) is 5. The molecule has 0 radical (unpaired) electrons. The Balaban J connectivity index is 1.78. The molecule has 0 spiro atoms. The maximum Gasteiger partial charge on any atom is 0.249 e. The highest BCUT2D eigenvalue weighted by atomic mass is 35.5. The van der Waals surface area contributed by atoms with Crippen molar-refractivity contribution in [1.29, 1.82) is 0 Å². The summed E-state index contributed by atoms with van der Waals surface area (Å²) in [6, 6.07) is 9.99. The summed E-state index contributed by atoms with van der Waals surface area (Å²) >= 11 is 6.46. The molecule has 188 valence electrons. The molecule has 3 aromatic carbocycles. The summed E-state index contributed by atoms with van der Waals surface area (Å²) in [5, 5.41) is 12.1. The molecule has 0 bridgehead atoms. The van der Waals surface area contributed by atoms with Crippen LogP contribution in [0.15, 0.2) is 42.5 Å². The highest BCUT2D eigenvalue weighted by Crippen LogP contribution is 2.52. The van der Waals surface area contributed by atoms with Crippen LogP contribution in [0.4, 0.5) is 18.9 Å². The first-order chi connectivity index (χ1) is 17.3. The second-order valence-corrected chi connectivity index (χ2v) is 9.21. The summed E-state index contributed by atoms with van der Waals surface area (Å²) in [6.45, 7) is 0.953. The second kappa shape index (κ2) is 9.31. The molecule has 2 heterocycles. The quantitative estimate of drug-likeness (QED) is 0.463. The van der Waals surface area contributed by atoms with Crippen LogP contribution in [-0.4, -0.2) is 43.9 Å². The minimum atomic E-state index is -0.947. The van der Waals surface area contributed by atoms with Gasteiger partial charge < -0.3 is 25.8 Å². The standard InChI is InChI=1S/C26H23ClF3N3O3/c27-23-18(29)11-19-17(12-26(13-32-6-7-33(19)26)14-2-1-3-15(28)10-14)21(23)22-16(25(31)35)4-5-20(24(22)30)36-9-8-34/h1-5,10-11,32,34H,6-9,12-13H2,(H2,31,35). The summed E-state index contributed by atoms with van der Waals surface area (Å²) in [7, 11) is 0. The van der Waals surface area contributed by atoms with E-state index in [0.717, 1.165) is 0 Å². The van der Waals surface area contributed by atoms with Crippen molar-refractivity contribution >= 4 is 23.2 Å². The summed E-state index contributed by atoms with van der Waals surface area (Å²) in [6.07, 6.45) is 0.244. The lowest BCUT2D eigenvalue weighted by atomic mass is 9.82. The maximum atomic E-state index is 15.9. The first kappa shape index (κ1) is 24.4. The van der Waals surface area contributed by atoms with Crippen LogP contribution in [0, 0.1) is 17.5 Å². The topological polar surface area (TPSA) is 87.8 Å². The van der Waals surface area contributed by atoms with Gasteiger partial charge in [0, 0.05) is 42.9 Å². The molecule has 2 aliphatic rings. The van der Waals surface area contributed by atoms with Crippen LogP contribution < -0.4 is 20.7 Å². The van der Waals surface area contributed by atoms with Crippen molar-refractivity contribution in [2.24, 2.45) is 5.73 Å². The normalized spacial score (nSPS) is 18.6. The van der Waals surface area contributed by atoms with E-state index >= 15 is 8.78 Å². The van der Waals surface area contributed by atoms with E-state index in [1.165, 1.54) is 30.3 Å². The third-order valence-corrected chi connectivity index (χ3v) is 7.21. The van der Waals surface area contributed by atoms with Crippen molar-refractivity contribution in [3.8, 4) is 16.9 Å². The van der Waals surface area contributed by atoms with Crippen molar-refractivity contribution in [2.75, 3.05) is 37.7 Å². The molecular weight excluding hydrogens is 495 g/mol. The molecule has 36 heavy (non-hydrogen) atoms. The summed E-state index contributed by atoms with van der Waals surface area (Å²) in [5.41, 5.74) is 5.97. The van der Waals surface area contributed by atoms with E-state index in [9.17, 15) is 9.18 Å². The highest BCUT2D eigenvalue weighted by Gasteiger charge is 2.48. The number of nitrogens with zero attached hydrogens (tertiary/aromatic N) is 1. The number of piperazine rings is 1. The molecule has 5 rings (SSSR count). The van der Waals surface area contributed by atoms with E-state index in [1.807, 2.05) is 4.90 Å². The number of primary amides is 1. The van der Waals surface area contributed by atoms with E-state index in [0.29, 0.717) is 36.4 Å². The first-order valence-electron chi connectivity index (χ1n) is 11.4. The molecule has 0 saturated carbocycles. The van der Waals surface area contributed by atoms with Gasteiger partial charge in [0.1, 0.15) is 18.2 Å². The molecule has 0 aliphatic carbocycles. The van der Waals surface area contributed by atoms with E-state index in [2.05, 4.69) is 5.32 Å². The number of halogens is 4. The van der Waals surface area contributed by atoms with Crippen molar-refractivity contribution in [3.05, 3.63) is 81.6 Å². The van der Waals surface area contributed by atoms with E-state index in [1.54, 1.807) is 12.1 Å². The zero-order valence-corrected chi connectivity index (χ0v) is 19.8. The van der Waals surface area contributed by atoms with Gasteiger partial charge in [0.15, 0.2) is 11.6 Å². The van der Waals surface area contributed by atoms with Crippen molar-refractivity contribution < 1.29 is 27.8 Å². The number of aliphatic hydroxyl groups is 1. The average Bonchev–Trinajstić information content (AvgIpc) is 3.19. The average molecular weight is 518 g/mol. The van der Waals surface area contributed by atoms with Crippen molar-refractivity contribution in [1.82, 2.24) is 5.32 Å². The zero-order valence-electron chi connectivity index (χ0n) is 19.1. The molecule has 4 N–H and O–H groups in total. The highest BCUT2D eigenvalue weighted by molar-refractivity contribution is 6.34. The van der Waals surface area contributed by atoms with Crippen LogP contribution in [0.3, 0.4) is 0 Å². The summed E-state index contributed by atoms with van der Waals surface area (Å²) in [5.74, 6) is -3.32. The van der Waals surface area contributed by atoms with E-state index < -0.39 is 28.9 Å². The fourth-order valence-corrected chi connectivity index (χ4v) is 5.60. The van der Waals surface area contributed by atoms with Gasteiger partial charge in [-0.25, -0.2) is 13.2 Å². The predicted molar refractivity (Wildman–Crippen MR) is 130 cm³/mol. The van der Waals surface area contributed by atoms with Crippen LogP contribution in [0.1, 0.15) is 21.5 Å². The number of nitrogens with two attached hydrogens (primary N) is 1. The lowest BCUT2D eigenvalue weighted by molar-refractivity contribution is 0.100. The third kappa shape index (κ3) is 3.78. The molecule has 10 heteroatoms. The number of rotatable bonds is 6. The molecule has 1 atom stereocenters. The number of amides is 1. The lowest BCUT2D eigenvalue weighted by Gasteiger charge is -2.45. The van der Waals surface area contributed by atoms with Crippen LogP contribution in [-0.2, 0) is 12.0 Å². The third-order valence-electron chi connectivity index (χ3n) is 6.84. The Morgan fingerprint density at radius 3 is 2.72 bits per heavy atom. The number of carbonyl (C=O) groups is 1. The number of benzene rings is 3. The fraction of sp³-hybridized carbons (Fsp3) is 0.269. The lowest BCUT2D eigenvalue weighted by Crippen LogP contribution is -2.57. The molecule has 6 nitrogen and oxygen atoms in total. The number of ether oxygens (including phenoxy) is 1. The van der Waals surface area contributed by atoms with Gasteiger partial charge in [-0.15, -0.1) is 0 Å². The smallest absolute Gasteiger partial charge is 0.249 e. The van der Waals surface area contributed by atoms with Gasteiger partial charge in [-0.05, 0) is 41.5 Å². The van der Waals surface area contributed by atoms with Gasteiger partial charge in [0.25, 0.3) is 0 Å². The fourth-order valence-electron chi connectivity index (χ4n) is 5.34. The van der Waals surface area contributed by atoms with Crippen LogP contribution in [0.25, 0.3) is 11.1 Å². The van der Waals surface area contributed by atoms with Crippen LogP contribution >= 0.6 is 11.6 Å². The molecule has 1 unspecified atom stereocenters. The maximum absolute atomic E-state index is 15.9. The molecule has 0 aromatic heterocycles. The first-order valence-corrected chi connectivity index (χ1v) is 11.8. The number of anilines is 1. The number of carbonyl (C=O) groups excluding carboxylic acids is 1. The van der Waals surface area contributed by atoms with Crippen LogP contribution in [0.5, 0.6) is 5.75 Å². The molecule has 1 amide bonds. The van der Waals surface area contributed by atoms with Gasteiger partial charge in [-0.2, -0.15) is 0 Å². The van der Waals surface area contributed by atoms with Gasteiger partial charge in [0.2, 0.25) is 5.91 Å². The van der Waals surface area contributed by atoms with E-state index in [4.69, 9.17) is 27.2 Å². The largest absolute Gasteiger partial charge is 0.488 e. The molecule has 3 aromatic rings.